The molecule has 160 valence electrons. The van der Waals surface area contributed by atoms with E-state index in [0.29, 0.717) is 17.8 Å². The summed E-state index contributed by atoms with van der Waals surface area (Å²) in [5, 5.41) is 4.19. The number of amides is 3. The van der Waals surface area contributed by atoms with Crippen LogP contribution < -0.4 is 10.6 Å². The fraction of sp³-hybridized carbons (Fsp3) is 0.182. The van der Waals surface area contributed by atoms with Gasteiger partial charge in [-0.05, 0) is 44.2 Å². The predicted octanol–water partition coefficient (Wildman–Crippen LogP) is 3.19. The third kappa shape index (κ3) is 5.53. The molecule has 0 saturated carbocycles. The van der Waals surface area contributed by atoms with Crippen molar-refractivity contribution in [3.05, 3.63) is 83.2 Å². The van der Waals surface area contributed by atoms with Crippen molar-refractivity contribution in [3.63, 3.8) is 0 Å². The Morgan fingerprint density at radius 2 is 1.84 bits per heavy atom. The summed E-state index contributed by atoms with van der Waals surface area (Å²) < 4.78 is 20.5. The second-order valence-corrected chi connectivity index (χ2v) is 6.75. The molecular weight excluding hydrogens is 403 g/mol. The number of anilines is 1. The molecule has 0 unspecified atom stereocenters. The fourth-order valence-electron chi connectivity index (χ4n) is 2.99. The van der Waals surface area contributed by atoms with Gasteiger partial charge in [-0.2, -0.15) is 0 Å². The number of hydrogen-bond donors (Lipinski definition) is 2. The van der Waals surface area contributed by atoms with Gasteiger partial charge in [0.2, 0.25) is 0 Å². The molecule has 0 spiro atoms. The van der Waals surface area contributed by atoms with Crippen LogP contribution in [-0.4, -0.2) is 34.1 Å². The Morgan fingerprint density at radius 3 is 2.55 bits per heavy atom. The van der Waals surface area contributed by atoms with Gasteiger partial charge in [0.15, 0.2) is 6.61 Å². The fourth-order valence-corrected chi connectivity index (χ4v) is 2.99. The van der Waals surface area contributed by atoms with Gasteiger partial charge in [0, 0.05) is 17.6 Å². The van der Waals surface area contributed by atoms with E-state index in [2.05, 4.69) is 10.3 Å². The highest BCUT2D eigenvalue weighted by Gasteiger charge is 2.19. The van der Waals surface area contributed by atoms with Crippen molar-refractivity contribution < 1.29 is 23.5 Å². The number of aryl methyl sites for hydroxylation is 1. The van der Waals surface area contributed by atoms with Gasteiger partial charge in [-0.25, -0.2) is 14.0 Å². The number of hydrogen-bond acceptors (Lipinski definition) is 5. The summed E-state index contributed by atoms with van der Waals surface area (Å²) in [5.41, 5.74) is 2.58. The van der Waals surface area contributed by atoms with E-state index < -0.39 is 30.3 Å². The van der Waals surface area contributed by atoms with Gasteiger partial charge in [-0.15, -0.1) is 0 Å². The van der Waals surface area contributed by atoms with Crippen molar-refractivity contribution in [3.8, 4) is 0 Å². The highest BCUT2D eigenvalue weighted by molar-refractivity contribution is 6.02. The Hall–Kier alpha value is -4.01. The Morgan fingerprint density at radius 1 is 1.10 bits per heavy atom. The van der Waals surface area contributed by atoms with Crippen LogP contribution >= 0.6 is 0 Å². The lowest BCUT2D eigenvalue weighted by Gasteiger charge is -2.10. The number of carbonyl (C=O) groups is 3. The van der Waals surface area contributed by atoms with Gasteiger partial charge in [-0.3, -0.25) is 15.1 Å². The highest BCUT2D eigenvalue weighted by Crippen LogP contribution is 2.17. The molecule has 2 heterocycles. The first-order valence-electron chi connectivity index (χ1n) is 9.44. The normalized spacial score (nSPS) is 10.4. The van der Waals surface area contributed by atoms with Gasteiger partial charge in [-0.1, -0.05) is 18.2 Å². The van der Waals surface area contributed by atoms with E-state index in [4.69, 9.17) is 4.74 Å². The van der Waals surface area contributed by atoms with E-state index in [1.165, 1.54) is 24.3 Å². The lowest BCUT2D eigenvalue weighted by molar-refractivity contribution is -0.123. The van der Waals surface area contributed by atoms with Crippen LogP contribution in [0.3, 0.4) is 0 Å². The average molecular weight is 424 g/mol. The molecule has 8 nitrogen and oxygen atoms in total. The third-order valence-corrected chi connectivity index (χ3v) is 4.55. The minimum atomic E-state index is -0.931. The Bertz CT molecular complexity index is 1110. The molecule has 1 aromatic carbocycles. The van der Waals surface area contributed by atoms with Gasteiger partial charge < -0.3 is 14.6 Å². The summed E-state index contributed by atoms with van der Waals surface area (Å²) in [6.45, 7) is 3.46. The quantitative estimate of drug-likeness (QED) is 0.592. The van der Waals surface area contributed by atoms with E-state index in [1.54, 1.807) is 19.2 Å². The van der Waals surface area contributed by atoms with Crippen LogP contribution in [-0.2, 0) is 16.1 Å². The molecule has 3 amide bonds. The van der Waals surface area contributed by atoms with Crippen LogP contribution in [0.25, 0.3) is 0 Å². The zero-order valence-electron chi connectivity index (χ0n) is 17.0. The SMILES string of the molecule is Cc1cc(C(=O)OCC(=O)NC(=O)Nc2ccccc2F)c(C)n1Cc1ccccn1. The van der Waals surface area contributed by atoms with Gasteiger partial charge >= 0.3 is 12.0 Å². The number of para-hydroxylation sites is 1. The van der Waals surface area contributed by atoms with Gasteiger partial charge in [0.1, 0.15) is 5.82 Å². The van der Waals surface area contributed by atoms with Crippen molar-refractivity contribution in [2.75, 3.05) is 11.9 Å². The summed E-state index contributed by atoms with van der Waals surface area (Å²) in [5.74, 6) is -2.17. The molecule has 9 heteroatoms. The second-order valence-electron chi connectivity index (χ2n) is 6.75. The Kier molecular flexibility index (Phi) is 6.76. The maximum atomic E-state index is 13.5. The van der Waals surface area contributed by atoms with Crippen LogP contribution in [0.1, 0.15) is 27.4 Å². The molecular formula is C22H21FN4O4. The zero-order valence-corrected chi connectivity index (χ0v) is 17.0. The molecule has 0 aliphatic heterocycles. The lowest BCUT2D eigenvalue weighted by atomic mass is 10.2. The van der Waals surface area contributed by atoms with Gasteiger partial charge in [0.25, 0.3) is 5.91 Å². The second kappa shape index (κ2) is 9.66. The maximum Gasteiger partial charge on any atom is 0.340 e. The maximum absolute atomic E-state index is 13.5. The van der Waals surface area contributed by atoms with Crippen molar-refractivity contribution in [1.82, 2.24) is 14.9 Å². The number of nitrogens with one attached hydrogen (secondary N) is 2. The number of esters is 1. The van der Waals surface area contributed by atoms with Crippen molar-refractivity contribution in [2.45, 2.75) is 20.4 Å². The third-order valence-electron chi connectivity index (χ3n) is 4.55. The molecule has 0 atom stereocenters. The summed E-state index contributed by atoms with van der Waals surface area (Å²) in [7, 11) is 0. The summed E-state index contributed by atoms with van der Waals surface area (Å²) >= 11 is 0. The van der Waals surface area contributed by atoms with Crippen molar-refractivity contribution in [1.29, 1.82) is 0 Å². The molecule has 0 fully saturated rings. The minimum Gasteiger partial charge on any atom is -0.452 e. The number of pyridine rings is 1. The van der Waals surface area contributed by atoms with Gasteiger partial charge in [0.05, 0.1) is 23.5 Å². The molecule has 0 radical (unpaired) electrons. The van der Waals surface area contributed by atoms with Crippen LogP contribution in [0.2, 0.25) is 0 Å². The standard InChI is InChI=1S/C22H21FN4O4/c1-14-11-17(15(2)27(14)12-16-7-5-6-10-24-16)21(29)31-13-20(28)26-22(30)25-19-9-4-3-8-18(19)23/h3-11H,12-13H2,1-2H3,(H2,25,26,28,30). The topological polar surface area (TPSA) is 102 Å². The van der Waals surface area contributed by atoms with Crippen molar-refractivity contribution >= 4 is 23.6 Å². The number of rotatable bonds is 6. The van der Waals surface area contributed by atoms with E-state index in [0.717, 1.165) is 11.4 Å². The number of carbonyl (C=O) groups excluding carboxylic acids is 3. The predicted molar refractivity (Wildman–Crippen MR) is 111 cm³/mol. The van der Waals surface area contributed by atoms with E-state index in [-0.39, 0.29) is 5.69 Å². The summed E-state index contributed by atoms with van der Waals surface area (Å²) in [4.78, 5) is 40.4. The molecule has 3 rings (SSSR count). The first kappa shape index (κ1) is 21.7. The number of nitrogens with zero attached hydrogens (tertiary/aromatic N) is 2. The Balaban J connectivity index is 1.55. The largest absolute Gasteiger partial charge is 0.452 e. The molecule has 0 saturated heterocycles. The first-order chi connectivity index (χ1) is 14.8. The molecule has 0 aliphatic carbocycles. The van der Waals surface area contributed by atoms with Crippen molar-refractivity contribution in [2.24, 2.45) is 0 Å². The first-order valence-corrected chi connectivity index (χ1v) is 9.44. The lowest BCUT2D eigenvalue weighted by Crippen LogP contribution is -2.37. The van der Waals surface area contributed by atoms with Crippen LogP contribution in [0.15, 0.2) is 54.7 Å². The van der Waals surface area contributed by atoms with Crippen LogP contribution in [0, 0.1) is 19.7 Å². The van der Waals surface area contributed by atoms with E-state index in [1.807, 2.05) is 35.0 Å². The van der Waals surface area contributed by atoms with Crippen LogP contribution in [0.4, 0.5) is 14.9 Å². The van der Waals surface area contributed by atoms with Crippen LogP contribution in [0.5, 0.6) is 0 Å². The monoisotopic (exact) mass is 424 g/mol. The number of imide groups is 1. The molecule has 2 N–H and O–H groups in total. The molecule has 0 bridgehead atoms. The minimum absolute atomic E-state index is 0.0786. The summed E-state index contributed by atoms with van der Waals surface area (Å²) in [6.07, 6.45) is 1.69. The average Bonchev–Trinajstić information content (AvgIpc) is 3.03. The summed E-state index contributed by atoms with van der Waals surface area (Å²) in [6, 6.07) is 11.8. The van der Waals surface area contributed by atoms with E-state index >= 15 is 0 Å². The van der Waals surface area contributed by atoms with E-state index in [9.17, 15) is 18.8 Å². The molecule has 2 aromatic heterocycles. The zero-order chi connectivity index (χ0) is 22.4. The molecule has 0 aliphatic rings. The smallest absolute Gasteiger partial charge is 0.340 e. The number of ether oxygens (including phenoxy) is 1. The Labute approximate surface area is 178 Å². The molecule has 3 aromatic rings. The highest BCUT2D eigenvalue weighted by atomic mass is 19.1. The number of urea groups is 1. The number of benzene rings is 1. The number of aromatic nitrogens is 2. The number of halogens is 1. The molecule has 31 heavy (non-hydrogen) atoms.